The van der Waals surface area contributed by atoms with E-state index in [2.05, 4.69) is 35.4 Å². The van der Waals surface area contributed by atoms with Crippen molar-refractivity contribution in [3.8, 4) is 0 Å². The quantitative estimate of drug-likeness (QED) is 0.872. The van der Waals surface area contributed by atoms with Crippen LogP contribution in [0.25, 0.3) is 0 Å². The first-order chi connectivity index (χ1) is 8.74. The number of nitrogens with one attached hydrogen (secondary N) is 1. The molecule has 98 valence electrons. The van der Waals surface area contributed by atoms with Gasteiger partial charge in [0.2, 0.25) is 0 Å². The Bertz CT molecular complexity index is 489. The van der Waals surface area contributed by atoms with Gasteiger partial charge in [0.25, 0.3) is 0 Å². The summed E-state index contributed by atoms with van der Waals surface area (Å²) in [7, 11) is 0. The molecule has 2 heterocycles. The van der Waals surface area contributed by atoms with E-state index in [4.69, 9.17) is 0 Å². The van der Waals surface area contributed by atoms with Gasteiger partial charge in [-0.2, -0.15) is 5.10 Å². The summed E-state index contributed by atoms with van der Waals surface area (Å²) in [5, 5.41) is 9.01. The summed E-state index contributed by atoms with van der Waals surface area (Å²) in [6.45, 7) is 8.23. The van der Waals surface area contributed by atoms with Crippen molar-refractivity contribution in [2.75, 3.05) is 6.54 Å². The van der Waals surface area contributed by atoms with E-state index in [9.17, 15) is 0 Å². The van der Waals surface area contributed by atoms with Crippen LogP contribution in [0.15, 0.2) is 18.6 Å². The zero-order valence-corrected chi connectivity index (χ0v) is 12.0. The number of hydrogen-bond acceptors (Lipinski definition) is 4. The smallest absolute Gasteiger partial charge is 0.0897 e. The molecule has 0 radical (unpaired) electrons. The summed E-state index contributed by atoms with van der Waals surface area (Å²) in [6.07, 6.45) is 7.15. The van der Waals surface area contributed by atoms with E-state index >= 15 is 0 Å². The molecule has 0 aliphatic rings. The molecule has 0 spiro atoms. The van der Waals surface area contributed by atoms with Crippen LogP contribution in [0.5, 0.6) is 0 Å². The molecular weight excluding hydrogens is 244 g/mol. The first-order valence-electron chi connectivity index (χ1n) is 6.42. The lowest BCUT2D eigenvalue weighted by atomic mass is 10.1. The average molecular weight is 264 g/mol. The van der Waals surface area contributed by atoms with Crippen molar-refractivity contribution in [1.82, 2.24) is 20.1 Å². The minimum atomic E-state index is 0.215. The molecule has 0 saturated heterocycles. The first-order valence-corrected chi connectivity index (χ1v) is 7.24. The summed E-state index contributed by atoms with van der Waals surface area (Å²) in [5.41, 5.74) is 1.22. The Hall–Kier alpha value is -1.20. The summed E-state index contributed by atoms with van der Waals surface area (Å²) >= 11 is 1.74. The van der Waals surface area contributed by atoms with Crippen molar-refractivity contribution in [3.05, 3.63) is 34.0 Å². The molecule has 0 bridgehead atoms. The Morgan fingerprint density at radius 2 is 2.22 bits per heavy atom. The van der Waals surface area contributed by atoms with Gasteiger partial charge in [-0.15, -0.1) is 11.3 Å². The lowest BCUT2D eigenvalue weighted by Gasteiger charge is -2.13. The van der Waals surface area contributed by atoms with Gasteiger partial charge in [-0.1, -0.05) is 13.8 Å². The van der Waals surface area contributed by atoms with Crippen LogP contribution in [0.4, 0.5) is 0 Å². The van der Waals surface area contributed by atoms with E-state index in [1.165, 1.54) is 10.4 Å². The Balaban J connectivity index is 2.23. The van der Waals surface area contributed by atoms with Crippen LogP contribution in [0, 0.1) is 6.92 Å². The molecule has 1 atom stereocenters. The number of thiazole rings is 1. The van der Waals surface area contributed by atoms with Crippen LogP contribution < -0.4 is 5.32 Å². The minimum Gasteiger partial charge on any atom is -0.306 e. The number of aryl methyl sites for hydroxylation is 2. The van der Waals surface area contributed by atoms with Crippen LogP contribution in [-0.4, -0.2) is 21.3 Å². The molecule has 0 aliphatic heterocycles. The summed E-state index contributed by atoms with van der Waals surface area (Å²) in [5.74, 6) is 0. The molecule has 0 fully saturated rings. The standard InChI is InChI=1S/C13H20N4S/c1-4-6-17-9-11(7-16-17)13(14-5-2)12-8-15-10(3)18-12/h7-9,13-14H,4-6H2,1-3H3. The molecule has 4 nitrogen and oxygen atoms in total. The summed E-state index contributed by atoms with van der Waals surface area (Å²) in [6, 6.07) is 0.215. The predicted octanol–water partition coefficient (Wildman–Crippen LogP) is 2.76. The van der Waals surface area contributed by atoms with E-state index in [0.29, 0.717) is 0 Å². The fourth-order valence-electron chi connectivity index (χ4n) is 1.98. The molecule has 2 rings (SSSR count). The van der Waals surface area contributed by atoms with Crippen molar-refractivity contribution in [2.24, 2.45) is 0 Å². The molecule has 0 aliphatic carbocycles. The Morgan fingerprint density at radius 1 is 1.39 bits per heavy atom. The van der Waals surface area contributed by atoms with Crippen LogP contribution >= 0.6 is 11.3 Å². The summed E-state index contributed by atoms with van der Waals surface area (Å²) in [4.78, 5) is 5.59. The molecule has 0 aromatic carbocycles. The number of nitrogens with zero attached hydrogens (tertiary/aromatic N) is 3. The third kappa shape index (κ3) is 2.97. The molecule has 1 unspecified atom stereocenters. The average Bonchev–Trinajstić information content (AvgIpc) is 2.96. The molecular formula is C13H20N4S. The van der Waals surface area contributed by atoms with Gasteiger partial charge in [-0.05, 0) is 19.9 Å². The topological polar surface area (TPSA) is 42.7 Å². The lowest BCUT2D eigenvalue weighted by molar-refractivity contribution is 0.598. The zero-order chi connectivity index (χ0) is 13.0. The number of aromatic nitrogens is 3. The second kappa shape index (κ2) is 6.11. The number of hydrogen-bond donors (Lipinski definition) is 1. The number of rotatable bonds is 6. The maximum atomic E-state index is 4.40. The predicted molar refractivity (Wildman–Crippen MR) is 74.9 cm³/mol. The second-order valence-corrected chi connectivity index (χ2v) is 5.58. The maximum Gasteiger partial charge on any atom is 0.0897 e. The van der Waals surface area contributed by atoms with Crippen molar-refractivity contribution >= 4 is 11.3 Å². The normalized spacial score (nSPS) is 12.8. The third-order valence-corrected chi connectivity index (χ3v) is 3.75. The highest BCUT2D eigenvalue weighted by atomic mass is 32.1. The van der Waals surface area contributed by atoms with Gasteiger partial charge >= 0.3 is 0 Å². The molecule has 2 aromatic heterocycles. The van der Waals surface area contributed by atoms with Gasteiger partial charge in [0.05, 0.1) is 17.2 Å². The van der Waals surface area contributed by atoms with Gasteiger partial charge in [-0.3, -0.25) is 4.68 Å². The molecule has 18 heavy (non-hydrogen) atoms. The van der Waals surface area contributed by atoms with E-state index in [1.54, 1.807) is 11.3 Å². The first kappa shape index (κ1) is 13.2. The van der Waals surface area contributed by atoms with Crippen LogP contribution in [-0.2, 0) is 6.54 Å². The Morgan fingerprint density at radius 3 is 2.83 bits per heavy atom. The van der Waals surface area contributed by atoms with E-state index in [-0.39, 0.29) is 6.04 Å². The van der Waals surface area contributed by atoms with Crippen LogP contribution in [0.2, 0.25) is 0 Å². The SMILES string of the molecule is CCCn1cc(C(NCC)c2cnc(C)s2)cn1. The molecule has 0 saturated carbocycles. The van der Waals surface area contributed by atoms with Gasteiger partial charge in [0.1, 0.15) is 0 Å². The van der Waals surface area contributed by atoms with Crippen molar-refractivity contribution < 1.29 is 0 Å². The highest BCUT2D eigenvalue weighted by Gasteiger charge is 2.17. The second-order valence-electron chi connectivity index (χ2n) is 4.31. The largest absolute Gasteiger partial charge is 0.306 e. The monoisotopic (exact) mass is 264 g/mol. The van der Waals surface area contributed by atoms with E-state index < -0.39 is 0 Å². The van der Waals surface area contributed by atoms with Crippen molar-refractivity contribution in [2.45, 2.75) is 39.8 Å². The highest BCUT2D eigenvalue weighted by Crippen LogP contribution is 2.26. The lowest BCUT2D eigenvalue weighted by Crippen LogP contribution is -2.20. The Kier molecular flexibility index (Phi) is 4.49. The minimum absolute atomic E-state index is 0.215. The molecule has 2 aromatic rings. The van der Waals surface area contributed by atoms with Crippen molar-refractivity contribution in [3.63, 3.8) is 0 Å². The van der Waals surface area contributed by atoms with Gasteiger partial charge in [0.15, 0.2) is 0 Å². The highest BCUT2D eigenvalue weighted by molar-refractivity contribution is 7.11. The van der Waals surface area contributed by atoms with Gasteiger partial charge in [0, 0.05) is 29.4 Å². The van der Waals surface area contributed by atoms with Gasteiger partial charge in [-0.25, -0.2) is 4.98 Å². The fraction of sp³-hybridized carbons (Fsp3) is 0.538. The summed E-state index contributed by atoms with van der Waals surface area (Å²) < 4.78 is 2.01. The zero-order valence-electron chi connectivity index (χ0n) is 11.2. The maximum absolute atomic E-state index is 4.40. The van der Waals surface area contributed by atoms with Crippen LogP contribution in [0.1, 0.15) is 41.8 Å². The molecule has 0 amide bonds. The van der Waals surface area contributed by atoms with Crippen molar-refractivity contribution in [1.29, 1.82) is 0 Å². The molecule has 5 heteroatoms. The molecule has 1 N–H and O–H groups in total. The fourth-order valence-corrected chi connectivity index (χ4v) is 2.87. The van der Waals surface area contributed by atoms with E-state index in [1.807, 2.05) is 24.0 Å². The van der Waals surface area contributed by atoms with Crippen LogP contribution in [0.3, 0.4) is 0 Å². The van der Waals surface area contributed by atoms with Gasteiger partial charge < -0.3 is 5.32 Å². The third-order valence-electron chi connectivity index (χ3n) is 2.77. The Labute approximate surface area is 112 Å². The van der Waals surface area contributed by atoms with E-state index in [0.717, 1.165) is 24.5 Å².